The zero-order valence-electron chi connectivity index (χ0n) is 6.51. The average Bonchev–Trinajstić information content (AvgIpc) is 1.91. The van der Waals surface area contributed by atoms with Crippen LogP contribution >= 0.6 is 0 Å². The molecule has 1 heterocycles. The van der Waals surface area contributed by atoms with Gasteiger partial charge in [0, 0.05) is 11.9 Å². The largest absolute Gasteiger partial charge is 0.345 e. The Bertz CT molecular complexity index is 229. The molecule has 0 spiro atoms. The Balaban J connectivity index is 0.000000371. The van der Waals surface area contributed by atoms with Crippen LogP contribution in [0.3, 0.4) is 0 Å². The molecule has 0 bridgehead atoms. The van der Waals surface area contributed by atoms with Gasteiger partial charge in [0.1, 0.15) is 0 Å². The topological polar surface area (TPSA) is 45.8 Å². The van der Waals surface area contributed by atoms with E-state index in [0.29, 0.717) is 0 Å². The third-order valence-corrected chi connectivity index (χ3v) is 0.820. The summed E-state index contributed by atoms with van der Waals surface area (Å²) in [6.45, 7) is 5.81. The number of hydrogen-bond acceptors (Lipinski definition) is 2. The SMILES string of the molecule is CC.Cc1ccnc(=O)[nH]1. The van der Waals surface area contributed by atoms with E-state index in [-0.39, 0.29) is 5.69 Å². The molecule has 0 atom stereocenters. The summed E-state index contributed by atoms with van der Waals surface area (Å²) >= 11 is 0. The molecule has 0 fully saturated rings. The van der Waals surface area contributed by atoms with Crippen LogP contribution in [0.2, 0.25) is 0 Å². The van der Waals surface area contributed by atoms with Gasteiger partial charge in [-0.2, -0.15) is 0 Å². The Morgan fingerprint density at radius 2 is 2.10 bits per heavy atom. The number of aryl methyl sites for hydroxylation is 1. The Hall–Kier alpha value is -1.12. The van der Waals surface area contributed by atoms with Crippen LogP contribution in [-0.4, -0.2) is 9.97 Å². The standard InChI is InChI=1S/C5H6N2O.C2H6/c1-4-2-3-6-5(8)7-4;1-2/h2-3H,1H3,(H,6,7,8);1-2H3. The fourth-order valence-electron chi connectivity index (χ4n) is 0.459. The summed E-state index contributed by atoms with van der Waals surface area (Å²) in [5.74, 6) is 0. The molecule has 1 rings (SSSR count). The van der Waals surface area contributed by atoms with Crippen molar-refractivity contribution in [3.8, 4) is 0 Å². The summed E-state index contributed by atoms with van der Waals surface area (Å²) in [4.78, 5) is 16.3. The average molecular weight is 140 g/mol. The molecule has 3 nitrogen and oxygen atoms in total. The van der Waals surface area contributed by atoms with E-state index in [2.05, 4.69) is 9.97 Å². The van der Waals surface area contributed by atoms with Crippen molar-refractivity contribution in [1.29, 1.82) is 0 Å². The third kappa shape index (κ3) is 3.02. The quantitative estimate of drug-likeness (QED) is 0.586. The van der Waals surface area contributed by atoms with Gasteiger partial charge in [-0.15, -0.1) is 0 Å². The molecule has 0 aliphatic rings. The van der Waals surface area contributed by atoms with E-state index in [1.807, 2.05) is 20.8 Å². The second-order valence-corrected chi connectivity index (χ2v) is 1.56. The van der Waals surface area contributed by atoms with Crippen LogP contribution in [0.4, 0.5) is 0 Å². The van der Waals surface area contributed by atoms with Gasteiger partial charge < -0.3 is 4.98 Å². The molecule has 0 saturated carbocycles. The first-order valence-corrected chi connectivity index (χ1v) is 3.31. The van der Waals surface area contributed by atoms with Crippen molar-refractivity contribution < 1.29 is 0 Å². The third-order valence-electron chi connectivity index (χ3n) is 0.820. The summed E-state index contributed by atoms with van der Waals surface area (Å²) in [6.07, 6.45) is 1.48. The molecule has 0 unspecified atom stereocenters. The molecule has 10 heavy (non-hydrogen) atoms. The van der Waals surface area contributed by atoms with Gasteiger partial charge in [-0.1, -0.05) is 13.8 Å². The van der Waals surface area contributed by atoms with Gasteiger partial charge in [-0.25, -0.2) is 9.78 Å². The summed E-state index contributed by atoms with van der Waals surface area (Å²) < 4.78 is 0. The molecule has 0 aromatic carbocycles. The normalized spacial score (nSPS) is 7.90. The highest BCUT2D eigenvalue weighted by atomic mass is 16.1. The first-order chi connectivity index (χ1) is 4.79. The van der Waals surface area contributed by atoms with E-state index in [4.69, 9.17) is 0 Å². The number of aromatic nitrogens is 2. The molecule has 1 N–H and O–H groups in total. The fraction of sp³-hybridized carbons (Fsp3) is 0.429. The lowest BCUT2D eigenvalue weighted by molar-refractivity contribution is 1.03. The number of nitrogens with zero attached hydrogens (tertiary/aromatic N) is 1. The number of nitrogens with one attached hydrogen (secondary N) is 1. The first kappa shape index (κ1) is 8.88. The van der Waals surface area contributed by atoms with E-state index >= 15 is 0 Å². The van der Waals surface area contributed by atoms with Gasteiger partial charge in [0.15, 0.2) is 0 Å². The molecular formula is C7H12N2O. The van der Waals surface area contributed by atoms with Crippen LogP contribution in [0.15, 0.2) is 17.1 Å². The van der Waals surface area contributed by atoms with Crippen LogP contribution < -0.4 is 5.69 Å². The smallest absolute Gasteiger partial charge is 0.310 e. The number of rotatable bonds is 0. The van der Waals surface area contributed by atoms with Gasteiger partial charge in [0.25, 0.3) is 0 Å². The zero-order chi connectivity index (χ0) is 7.98. The van der Waals surface area contributed by atoms with Gasteiger partial charge in [-0.05, 0) is 13.0 Å². The summed E-state index contributed by atoms with van der Waals surface area (Å²) in [6, 6.07) is 1.74. The Morgan fingerprint density at radius 1 is 1.50 bits per heavy atom. The predicted molar refractivity (Wildman–Crippen MR) is 40.9 cm³/mol. The van der Waals surface area contributed by atoms with Crippen molar-refractivity contribution >= 4 is 0 Å². The van der Waals surface area contributed by atoms with E-state index in [1.54, 1.807) is 6.07 Å². The second kappa shape index (κ2) is 4.73. The molecule has 56 valence electrons. The highest BCUT2D eigenvalue weighted by molar-refractivity contribution is 4.92. The maximum absolute atomic E-state index is 10.3. The van der Waals surface area contributed by atoms with E-state index in [9.17, 15) is 4.79 Å². The van der Waals surface area contributed by atoms with Gasteiger partial charge in [0.05, 0.1) is 0 Å². The van der Waals surface area contributed by atoms with Crippen LogP contribution in [-0.2, 0) is 0 Å². The fourth-order valence-corrected chi connectivity index (χ4v) is 0.459. The van der Waals surface area contributed by atoms with Gasteiger partial charge in [-0.3, -0.25) is 0 Å². The minimum Gasteiger partial charge on any atom is -0.310 e. The second-order valence-electron chi connectivity index (χ2n) is 1.56. The van der Waals surface area contributed by atoms with Crippen molar-refractivity contribution in [3.05, 3.63) is 28.4 Å². The van der Waals surface area contributed by atoms with Gasteiger partial charge >= 0.3 is 5.69 Å². The molecule has 0 amide bonds. The van der Waals surface area contributed by atoms with Crippen molar-refractivity contribution in [3.63, 3.8) is 0 Å². The van der Waals surface area contributed by atoms with Crippen LogP contribution in [0.5, 0.6) is 0 Å². The lowest BCUT2D eigenvalue weighted by Crippen LogP contribution is -2.08. The van der Waals surface area contributed by atoms with Crippen molar-refractivity contribution in [2.24, 2.45) is 0 Å². The Labute approximate surface area is 60.1 Å². The highest BCUT2D eigenvalue weighted by Gasteiger charge is 1.80. The van der Waals surface area contributed by atoms with Crippen LogP contribution in [0.1, 0.15) is 19.5 Å². The molecule has 0 aliphatic carbocycles. The van der Waals surface area contributed by atoms with E-state index in [0.717, 1.165) is 5.69 Å². The zero-order valence-corrected chi connectivity index (χ0v) is 6.51. The Kier molecular flexibility index (Phi) is 4.20. The summed E-state index contributed by atoms with van der Waals surface area (Å²) in [5, 5.41) is 0. The van der Waals surface area contributed by atoms with Crippen molar-refractivity contribution in [2.75, 3.05) is 0 Å². The minimum atomic E-state index is -0.287. The summed E-state index contributed by atoms with van der Waals surface area (Å²) in [7, 11) is 0. The molecule has 1 aromatic heterocycles. The maximum atomic E-state index is 10.3. The minimum absolute atomic E-state index is 0.287. The number of hydrogen-bond donors (Lipinski definition) is 1. The van der Waals surface area contributed by atoms with E-state index < -0.39 is 0 Å². The van der Waals surface area contributed by atoms with Crippen LogP contribution in [0.25, 0.3) is 0 Å². The maximum Gasteiger partial charge on any atom is 0.345 e. The molecule has 0 saturated heterocycles. The Morgan fingerprint density at radius 3 is 2.40 bits per heavy atom. The van der Waals surface area contributed by atoms with Gasteiger partial charge in [0.2, 0.25) is 0 Å². The monoisotopic (exact) mass is 140 g/mol. The van der Waals surface area contributed by atoms with Crippen molar-refractivity contribution in [1.82, 2.24) is 9.97 Å². The summed E-state index contributed by atoms with van der Waals surface area (Å²) in [5.41, 5.74) is 0.551. The number of aromatic amines is 1. The molecule has 3 heteroatoms. The highest BCUT2D eigenvalue weighted by Crippen LogP contribution is 1.78. The predicted octanol–water partition coefficient (Wildman–Crippen LogP) is 1.10. The van der Waals surface area contributed by atoms with E-state index in [1.165, 1.54) is 6.20 Å². The molecular weight excluding hydrogens is 128 g/mol. The lowest BCUT2D eigenvalue weighted by atomic mass is 10.5. The molecule has 0 aliphatic heterocycles. The molecule has 1 aromatic rings. The lowest BCUT2D eigenvalue weighted by Gasteiger charge is -1.84. The first-order valence-electron chi connectivity index (χ1n) is 3.31. The van der Waals surface area contributed by atoms with Crippen molar-refractivity contribution in [2.45, 2.75) is 20.8 Å². The molecule has 0 radical (unpaired) electrons. The van der Waals surface area contributed by atoms with Crippen LogP contribution in [0, 0.1) is 6.92 Å². The number of H-pyrrole nitrogens is 1.